The highest BCUT2D eigenvalue weighted by Gasteiger charge is 2.22. The molecule has 1 aliphatic rings. The Hall–Kier alpha value is -2.31. The first-order valence-corrected chi connectivity index (χ1v) is 8.74. The summed E-state index contributed by atoms with van der Waals surface area (Å²) in [6.07, 6.45) is 0. The molecular weight excluding hydrogens is 322 g/mol. The summed E-state index contributed by atoms with van der Waals surface area (Å²) in [4.78, 5) is 26.8. The number of carbonyl (C=O) groups is 2. The molecule has 1 atom stereocenters. The summed E-state index contributed by atoms with van der Waals surface area (Å²) in [5, 5.41) is 5.76. The van der Waals surface area contributed by atoms with E-state index in [0.29, 0.717) is 19.6 Å². The van der Waals surface area contributed by atoms with Crippen molar-refractivity contribution in [2.45, 2.75) is 9.79 Å². The first-order valence-electron chi connectivity index (χ1n) is 7.93. The highest BCUT2D eigenvalue weighted by molar-refractivity contribution is 7.99. The van der Waals surface area contributed by atoms with Crippen LogP contribution in [0.5, 0.6) is 0 Å². The van der Waals surface area contributed by atoms with E-state index in [1.807, 2.05) is 54.6 Å². The average molecular weight is 342 g/mol. The number of amides is 2. The average Bonchev–Trinajstić information content (AvgIpc) is 2.57. The van der Waals surface area contributed by atoms with Crippen LogP contribution >= 0.6 is 11.8 Å². The number of carbonyl (C=O) groups excluding carboxylic acids is 2. The van der Waals surface area contributed by atoms with E-state index in [1.54, 1.807) is 11.8 Å². The first kappa shape index (κ1) is 16.5. The molecule has 5 nitrogen and oxygen atoms in total. The number of anilines is 1. The van der Waals surface area contributed by atoms with E-state index in [2.05, 4.69) is 10.6 Å². The van der Waals surface area contributed by atoms with Crippen LogP contribution in [0.25, 0.3) is 0 Å². The van der Waals surface area contributed by atoms with Crippen molar-refractivity contribution >= 4 is 29.3 Å². The van der Waals surface area contributed by atoms with Gasteiger partial charge in [-0.1, -0.05) is 42.1 Å². The Bertz CT molecular complexity index is 721. The Morgan fingerprint density at radius 1 is 1.12 bits per heavy atom. The summed E-state index contributed by atoms with van der Waals surface area (Å²) in [6.45, 7) is 2.06. The molecule has 0 aliphatic carbocycles. The number of nitrogens with one attached hydrogen (secondary N) is 3. The van der Waals surface area contributed by atoms with Gasteiger partial charge in [-0.15, -0.1) is 0 Å². The van der Waals surface area contributed by atoms with Crippen LogP contribution in [0.15, 0.2) is 64.4 Å². The lowest BCUT2D eigenvalue weighted by Crippen LogP contribution is -3.16. The van der Waals surface area contributed by atoms with Gasteiger partial charge in [0.25, 0.3) is 11.8 Å². The largest absolute Gasteiger partial charge is 0.346 e. The molecule has 6 heteroatoms. The van der Waals surface area contributed by atoms with E-state index in [0.717, 1.165) is 26.9 Å². The zero-order valence-electron chi connectivity index (χ0n) is 13.2. The fourth-order valence-electron chi connectivity index (χ4n) is 2.60. The fourth-order valence-corrected chi connectivity index (χ4v) is 3.53. The quantitative estimate of drug-likeness (QED) is 0.753. The van der Waals surface area contributed by atoms with Gasteiger partial charge >= 0.3 is 0 Å². The van der Waals surface area contributed by atoms with Crippen LogP contribution in [-0.4, -0.2) is 38.0 Å². The maximum absolute atomic E-state index is 12.3. The van der Waals surface area contributed by atoms with Crippen LogP contribution in [0.4, 0.5) is 5.69 Å². The van der Waals surface area contributed by atoms with E-state index in [4.69, 9.17) is 0 Å². The van der Waals surface area contributed by atoms with Crippen molar-refractivity contribution in [3.05, 3.63) is 54.6 Å². The van der Waals surface area contributed by atoms with Gasteiger partial charge in [0.05, 0.1) is 18.8 Å². The summed E-state index contributed by atoms with van der Waals surface area (Å²) in [6, 6.07) is 17.8. The van der Waals surface area contributed by atoms with Gasteiger partial charge in [0, 0.05) is 9.79 Å². The Morgan fingerprint density at radius 2 is 1.88 bits per heavy atom. The van der Waals surface area contributed by atoms with Crippen molar-refractivity contribution in [3.63, 3.8) is 0 Å². The van der Waals surface area contributed by atoms with Gasteiger partial charge in [0.15, 0.2) is 13.1 Å². The third-order valence-corrected chi connectivity index (χ3v) is 4.84. The highest BCUT2D eigenvalue weighted by Crippen LogP contribution is 2.32. The molecule has 1 heterocycles. The second-order valence-corrected chi connectivity index (χ2v) is 6.78. The third-order valence-electron chi connectivity index (χ3n) is 3.75. The molecule has 1 fully saturated rings. The van der Waals surface area contributed by atoms with Gasteiger partial charge in [-0.25, -0.2) is 0 Å². The third kappa shape index (κ3) is 4.59. The van der Waals surface area contributed by atoms with Gasteiger partial charge in [0.1, 0.15) is 0 Å². The van der Waals surface area contributed by atoms with Crippen LogP contribution in [-0.2, 0) is 9.59 Å². The van der Waals surface area contributed by atoms with Gasteiger partial charge < -0.3 is 15.5 Å². The summed E-state index contributed by atoms with van der Waals surface area (Å²) in [5.41, 5.74) is 0.803. The molecule has 0 spiro atoms. The predicted molar refractivity (Wildman–Crippen MR) is 94.2 cm³/mol. The van der Waals surface area contributed by atoms with Crippen LogP contribution in [0, 0.1) is 0 Å². The van der Waals surface area contributed by atoms with Gasteiger partial charge in [-0.2, -0.15) is 0 Å². The number of para-hydroxylation sites is 1. The summed E-state index contributed by atoms with van der Waals surface area (Å²) in [5.74, 6) is -0.0649. The Kier molecular flexibility index (Phi) is 5.51. The maximum Gasteiger partial charge on any atom is 0.279 e. The highest BCUT2D eigenvalue weighted by atomic mass is 32.2. The molecule has 3 N–H and O–H groups in total. The molecule has 0 aromatic heterocycles. The number of rotatable bonds is 5. The number of hydrogen-bond acceptors (Lipinski definition) is 3. The molecule has 0 bridgehead atoms. The lowest BCUT2D eigenvalue weighted by molar-refractivity contribution is -0.885. The molecule has 124 valence electrons. The van der Waals surface area contributed by atoms with Crippen molar-refractivity contribution in [2.75, 3.05) is 31.5 Å². The second kappa shape index (κ2) is 7.99. The molecular formula is C18H20N3O2S+. The van der Waals surface area contributed by atoms with E-state index in [1.165, 1.54) is 0 Å². The minimum atomic E-state index is -0.0687. The molecule has 1 aliphatic heterocycles. The summed E-state index contributed by atoms with van der Waals surface area (Å²) in [7, 11) is 0. The topological polar surface area (TPSA) is 62.6 Å². The van der Waals surface area contributed by atoms with E-state index in [-0.39, 0.29) is 11.8 Å². The maximum atomic E-state index is 12.3. The Balaban J connectivity index is 1.64. The number of piperazine rings is 1. The number of quaternary nitrogens is 1. The second-order valence-electron chi connectivity index (χ2n) is 5.66. The van der Waals surface area contributed by atoms with Crippen molar-refractivity contribution in [1.82, 2.24) is 5.32 Å². The molecule has 2 aromatic carbocycles. The monoisotopic (exact) mass is 342 g/mol. The van der Waals surface area contributed by atoms with Crippen molar-refractivity contribution in [2.24, 2.45) is 0 Å². The molecule has 2 amide bonds. The van der Waals surface area contributed by atoms with Crippen molar-refractivity contribution in [3.8, 4) is 0 Å². The standard InChI is InChI=1S/C18H19N3O2S/c22-17-12-21(11-10-19-17)13-18(23)20-15-8-4-5-9-16(15)24-14-6-2-1-3-7-14/h1-9H,10-13H2,(H,19,22)(H,20,23)/p+1. The van der Waals surface area contributed by atoms with Crippen LogP contribution < -0.4 is 15.5 Å². The minimum Gasteiger partial charge on any atom is -0.346 e. The Morgan fingerprint density at radius 3 is 2.67 bits per heavy atom. The van der Waals surface area contributed by atoms with Crippen molar-refractivity contribution < 1.29 is 14.5 Å². The molecule has 3 rings (SSSR count). The minimum absolute atomic E-state index is 0.00378. The van der Waals surface area contributed by atoms with Gasteiger partial charge in [0.2, 0.25) is 0 Å². The van der Waals surface area contributed by atoms with E-state index in [9.17, 15) is 9.59 Å². The molecule has 2 aromatic rings. The van der Waals surface area contributed by atoms with Crippen molar-refractivity contribution in [1.29, 1.82) is 0 Å². The number of benzene rings is 2. The lowest BCUT2D eigenvalue weighted by Gasteiger charge is -2.23. The van der Waals surface area contributed by atoms with E-state index < -0.39 is 0 Å². The predicted octanol–water partition coefficient (Wildman–Crippen LogP) is 0.791. The first-order chi connectivity index (χ1) is 11.7. The van der Waals surface area contributed by atoms with Gasteiger partial charge in [-0.3, -0.25) is 9.59 Å². The SMILES string of the molecule is O=C1C[NH+](CC(=O)Nc2ccccc2Sc2ccccc2)CCN1. The normalized spacial score (nSPS) is 17.2. The molecule has 0 radical (unpaired) electrons. The molecule has 24 heavy (non-hydrogen) atoms. The molecule has 1 saturated heterocycles. The molecule has 0 saturated carbocycles. The summed E-state index contributed by atoms with van der Waals surface area (Å²) >= 11 is 1.62. The van der Waals surface area contributed by atoms with Crippen LogP contribution in [0.2, 0.25) is 0 Å². The fraction of sp³-hybridized carbons (Fsp3) is 0.222. The Labute approximate surface area is 145 Å². The zero-order valence-corrected chi connectivity index (χ0v) is 14.1. The number of hydrogen-bond donors (Lipinski definition) is 3. The van der Waals surface area contributed by atoms with E-state index >= 15 is 0 Å². The lowest BCUT2D eigenvalue weighted by atomic mass is 10.3. The van der Waals surface area contributed by atoms with Crippen LogP contribution in [0.1, 0.15) is 0 Å². The van der Waals surface area contributed by atoms with Crippen LogP contribution in [0.3, 0.4) is 0 Å². The van der Waals surface area contributed by atoms with Gasteiger partial charge in [-0.05, 0) is 24.3 Å². The zero-order chi connectivity index (χ0) is 16.8. The molecule has 1 unspecified atom stereocenters. The summed E-state index contributed by atoms with van der Waals surface area (Å²) < 4.78 is 0. The smallest absolute Gasteiger partial charge is 0.279 e.